The molecule has 0 amide bonds. The van der Waals surface area contributed by atoms with Crippen LogP contribution in [0.1, 0.15) is 25.1 Å². The first-order valence-electron chi connectivity index (χ1n) is 5.56. The van der Waals surface area contributed by atoms with Gasteiger partial charge < -0.3 is 9.73 Å². The number of halogens is 3. The fourth-order valence-corrected chi connectivity index (χ4v) is 2.29. The van der Waals surface area contributed by atoms with Crippen molar-refractivity contribution in [2.45, 2.75) is 19.4 Å². The van der Waals surface area contributed by atoms with E-state index in [1.165, 1.54) is 12.1 Å². The molecular weight excluding hydrogens is 276 g/mol. The molecule has 1 unspecified atom stereocenters. The Morgan fingerprint density at radius 3 is 2.50 bits per heavy atom. The smallest absolute Gasteiger partial charge is 0.126 e. The Hall–Kier alpha value is -1.19. The van der Waals surface area contributed by atoms with E-state index in [0.717, 1.165) is 12.2 Å². The van der Waals surface area contributed by atoms with Crippen LogP contribution in [-0.2, 0) is 0 Å². The molecule has 0 bridgehead atoms. The molecule has 0 saturated heterocycles. The Morgan fingerprint density at radius 2 is 2.00 bits per heavy atom. The average molecular weight is 288 g/mol. The van der Waals surface area contributed by atoms with Gasteiger partial charge in [0.2, 0.25) is 0 Å². The highest BCUT2D eigenvalue weighted by Crippen LogP contribution is 2.34. The second-order valence-electron chi connectivity index (χ2n) is 3.87. The number of rotatable bonds is 4. The molecule has 1 aromatic heterocycles. The maximum absolute atomic E-state index is 13.1. The molecule has 1 heterocycles. The minimum absolute atomic E-state index is 0.0551. The lowest BCUT2D eigenvalue weighted by atomic mass is 10.1. The lowest BCUT2D eigenvalue weighted by Crippen LogP contribution is -2.09. The molecule has 18 heavy (non-hydrogen) atoms. The van der Waals surface area contributed by atoms with Gasteiger partial charge in [-0.1, -0.05) is 30.1 Å². The SMILES string of the molecule is CCC(Nc1c(Cl)cc(F)cc1Cl)c1ccco1. The van der Waals surface area contributed by atoms with Gasteiger partial charge in [-0.05, 0) is 30.7 Å². The molecule has 0 fully saturated rings. The molecule has 0 radical (unpaired) electrons. The summed E-state index contributed by atoms with van der Waals surface area (Å²) in [5.41, 5.74) is 0.517. The predicted octanol–water partition coefficient (Wildman–Crippen LogP) is 5.29. The van der Waals surface area contributed by atoms with Gasteiger partial charge in [-0.2, -0.15) is 0 Å². The Morgan fingerprint density at radius 1 is 1.33 bits per heavy atom. The summed E-state index contributed by atoms with van der Waals surface area (Å²) in [5.74, 6) is 0.329. The van der Waals surface area contributed by atoms with Crippen molar-refractivity contribution in [3.63, 3.8) is 0 Å². The van der Waals surface area contributed by atoms with Gasteiger partial charge in [0.25, 0.3) is 0 Å². The summed E-state index contributed by atoms with van der Waals surface area (Å²) in [6.07, 6.45) is 2.39. The summed E-state index contributed by atoms with van der Waals surface area (Å²) in [7, 11) is 0. The minimum Gasteiger partial charge on any atom is -0.467 e. The van der Waals surface area contributed by atoms with Crippen molar-refractivity contribution in [3.8, 4) is 0 Å². The summed E-state index contributed by atoms with van der Waals surface area (Å²) >= 11 is 12.0. The number of furan rings is 1. The third kappa shape index (κ3) is 2.79. The van der Waals surface area contributed by atoms with Gasteiger partial charge in [-0.15, -0.1) is 0 Å². The molecule has 0 aliphatic carbocycles. The number of benzene rings is 1. The number of anilines is 1. The third-order valence-corrected chi connectivity index (χ3v) is 3.22. The first kappa shape index (κ1) is 13.2. The monoisotopic (exact) mass is 287 g/mol. The van der Waals surface area contributed by atoms with Crippen LogP contribution in [0.25, 0.3) is 0 Å². The molecule has 2 aromatic rings. The van der Waals surface area contributed by atoms with Crippen LogP contribution < -0.4 is 5.32 Å². The second kappa shape index (κ2) is 5.63. The highest BCUT2D eigenvalue weighted by Gasteiger charge is 2.16. The predicted molar refractivity (Wildman–Crippen MR) is 71.8 cm³/mol. The van der Waals surface area contributed by atoms with Gasteiger partial charge in [0.15, 0.2) is 0 Å². The molecule has 96 valence electrons. The van der Waals surface area contributed by atoms with E-state index in [1.54, 1.807) is 6.26 Å². The molecule has 1 N–H and O–H groups in total. The van der Waals surface area contributed by atoms with Gasteiger partial charge in [-0.25, -0.2) is 4.39 Å². The van der Waals surface area contributed by atoms with Crippen LogP contribution in [0.15, 0.2) is 34.9 Å². The number of nitrogens with one attached hydrogen (secondary N) is 1. The van der Waals surface area contributed by atoms with Crippen molar-refractivity contribution in [2.24, 2.45) is 0 Å². The van der Waals surface area contributed by atoms with E-state index in [2.05, 4.69) is 5.32 Å². The van der Waals surface area contributed by atoms with Crippen LogP contribution in [0.5, 0.6) is 0 Å². The normalized spacial score (nSPS) is 12.4. The quantitative estimate of drug-likeness (QED) is 0.827. The first-order valence-corrected chi connectivity index (χ1v) is 6.32. The first-order chi connectivity index (χ1) is 8.61. The summed E-state index contributed by atoms with van der Waals surface area (Å²) in [4.78, 5) is 0. The van der Waals surface area contributed by atoms with Crippen LogP contribution in [0, 0.1) is 5.82 Å². The Kier molecular flexibility index (Phi) is 4.15. The lowest BCUT2D eigenvalue weighted by Gasteiger charge is -2.18. The van der Waals surface area contributed by atoms with Crippen molar-refractivity contribution in [1.29, 1.82) is 0 Å². The Bertz CT molecular complexity index is 505. The van der Waals surface area contributed by atoms with Gasteiger partial charge >= 0.3 is 0 Å². The van der Waals surface area contributed by atoms with E-state index in [-0.39, 0.29) is 16.1 Å². The van der Waals surface area contributed by atoms with Gasteiger partial charge in [0, 0.05) is 0 Å². The molecule has 2 rings (SSSR count). The molecular formula is C13H12Cl2FNO. The van der Waals surface area contributed by atoms with E-state index in [9.17, 15) is 4.39 Å². The zero-order chi connectivity index (χ0) is 13.1. The molecule has 0 spiro atoms. The fourth-order valence-electron chi connectivity index (χ4n) is 1.72. The van der Waals surface area contributed by atoms with Crippen LogP contribution in [0.2, 0.25) is 10.0 Å². The lowest BCUT2D eigenvalue weighted by molar-refractivity contribution is 0.474. The topological polar surface area (TPSA) is 25.2 Å². The van der Waals surface area contributed by atoms with Crippen molar-refractivity contribution in [2.75, 3.05) is 5.32 Å². The van der Waals surface area contributed by atoms with Crippen molar-refractivity contribution < 1.29 is 8.81 Å². The van der Waals surface area contributed by atoms with E-state index in [1.807, 2.05) is 19.1 Å². The largest absolute Gasteiger partial charge is 0.467 e. The summed E-state index contributed by atoms with van der Waals surface area (Å²) in [5, 5.41) is 3.68. The van der Waals surface area contributed by atoms with Crippen LogP contribution in [0.3, 0.4) is 0 Å². The van der Waals surface area contributed by atoms with Gasteiger partial charge in [-0.3, -0.25) is 0 Å². The summed E-state index contributed by atoms with van der Waals surface area (Å²) < 4.78 is 18.4. The van der Waals surface area contributed by atoms with Gasteiger partial charge in [0.1, 0.15) is 11.6 Å². The summed E-state index contributed by atoms with van der Waals surface area (Å²) in [6.45, 7) is 2.01. The summed E-state index contributed by atoms with van der Waals surface area (Å²) in [6, 6.07) is 6.08. The van der Waals surface area contributed by atoms with E-state index < -0.39 is 5.82 Å². The molecule has 2 nitrogen and oxygen atoms in total. The van der Waals surface area contributed by atoms with Crippen LogP contribution in [0.4, 0.5) is 10.1 Å². The van der Waals surface area contributed by atoms with Crippen molar-refractivity contribution in [3.05, 3.63) is 52.2 Å². The fraction of sp³-hybridized carbons (Fsp3) is 0.231. The highest BCUT2D eigenvalue weighted by molar-refractivity contribution is 6.39. The highest BCUT2D eigenvalue weighted by atomic mass is 35.5. The molecule has 0 saturated carbocycles. The second-order valence-corrected chi connectivity index (χ2v) is 4.68. The Labute approximate surface area is 115 Å². The minimum atomic E-state index is -0.457. The Balaban J connectivity index is 2.28. The maximum Gasteiger partial charge on any atom is 0.126 e. The third-order valence-electron chi connectivity index (χ3n) is 2.62. The van der Waals surface area contributed by atoms with E-state index in [0.29, 0.717) is 5.69 Å². The van der Waals surface area contributed by atoms with E-state index >= 15 is 0 Å². The average Bonchev–Trinajstić information content (AvgIpc) is 2.81. The van der Waals surface area contributed by atoms with Crippen LogP contribution in [-0.4, -0.2) is 0 Å². The maximum atomic E-state index is 13.1. The number of hydrogen-bond acceptors (Lipinski definition) is 2. The molecule has 5 heteroatoms. The molecule has 0 aliphatic rings. The molecule has 1 aromatic carbocycles. The standard InChI is InChI=1S/C13H12Cl2FNO/c1-2-11(12-4-3-5-18-12)17-13-9(14)6-8(16)7-10(13)15/h3-7,11,17H,2H2,1H3. The van der Waals surface area contributed by atoms with Crippen LogP contribution >= 0.6 is 23.2 Å². The molecule has 1 atom stereocenters. The van der Waals surface area contributed by atoms with E-state index in [4.69, 9.17) is 27.6 Å². The zero-order valence-electron chi connectivity index (χ0n) is 9.71. The van der Waals surface area contributed by atoms with Crippen molar-refractivity contribution >= 4 is 28.9 Å². The number of hydrogen-bond donors (Lipinski definition) is 1. The van der Waals surface area contributed by atoms with Crippen molar-refractivity contribution in [1.82, 2.24) is 0 Å². The molecule has 0 aliphatic heterocycles. The van der Waals surface area contributed by atoms with Gasteiger partial charge in [0.05, 0.1) is 28.0 Å². The zero-order valence-corrected chi connectivity index (χ0v) is 11.2.